The number of nitrogens with zero attached hydrogens (tertiary/aromatic N) is 1. The normalized spacial score (nSPS) is 12.2. The molecule has 0 spiro atoms. The number of hydrogen-bond acceptors (Lipinski definition) is 4. The summed E-state index contributed by atoms with van der Waals surface area (Å²) in [6, 6.07) is 4.24. The number of hydrogen-bond donors (Lipinski definition) is 1. The Hall–Kier alpha value is -1.47. The van der Waals surface area contributed by atoms with E-state index in [4.69, 9.17) is 4.74 Å². The summed E-state index contributed by atoms with van der Waals surface area (Å²) in [4.78, 5) is 22.7. The van der Waals surface area contributed by atoms with Crippen LogP contribution in [0, 0.1) is 16.0 Å². The Balaban J connectivity index is 2.92. The molecule has 21 heavy (non-hydrogen) atoms. The predicted molar refractivity (Wildman–Crippen MR) is 83.4 cm³/mol. The summed E-state index contributed by atoms with van der Waals surface area (Å²) >= 11 is 3.13. The van der Waals surface area contributed by atoms with Gasteiger partial charge in [0.1, 0.15) is 4.47 Å². The third-order valence-electron chi connectivity index (χ3n) is 3.04. The van der Waals surface area contributed by atoms with Gasteiger partial charge in [0, 0.05) is 12.7 Å². The van der Waals surface area contributed by atoms with Gasteiger partial charge in [0.2, 0.25) is 0 Å². The molecular weight excluding hydrogens is 340 g/mol. The van der Waals surface area contributed by atoms with E-state index in [1.807, 2.05) is 20.8 Å². The highest BCUT2D eigenvalue weighted by molar-refractivity contribution is 9.10. The van der Waals surface area contributed by atoms with Gasteiger partial charge in [-0.3, -0.25) is 14.9 Å². The van der Waals surface area contributed by atoms with E-state index in [1.54, 1.807) is 6.07 Å². The summed E-state index contributed by atoms with van der Waals surface area (Å²) in [5.74, 6) is -0.165. The lowest BCUT2D eigenvalue weighted by molar-refractivity contribution is -0.385. The Morgan fingerprint density at radius 3 is 2.67 bits per heavy atom. The molecule has 0 aliphatic rings. The van der Waals surface area contributed by atoms with Crippen molar-refractivity contribution in [2.24, 2.45) is 5.92 Å². The van der Waals surface area contributed by atoms with Crippen molar-refractivity contribution in [2.75, 3.05) is 13.2 Å². The Morgan fingerprint density at radius 1 is 1.48 bits per heavy atom. The maximum absolute atomic E-state index is 12.3. The third-order valence-corrected chi connectivity index (χ3v) is 3.88. The van der Waals surface area contributed by atoms with Crippen LogP contribution in [-0.4, -0.2) is 30.1 Å². The molecule has 7 heteroatoms. The lowest BCUT2D eigenvalue weighted by Gasteiger charge is -2.22. The van der Waals surface area contributed by atoms with Crippen LogP contribution in [0.5, 0.6) is 0 Å². The van der Waals surface area contributed by atoms with E-state index in [-0.39, 0.29) is 33.6 Å². The first-order chi connectivity index (χ1) is 9.88. The highest BCUT2D eigenvalue weighted by Gasteiger charge is 2.22. The van der Waals surface area contributed by atoms with Gasteiger partial charge in [-0.25, -0.2) is 0 Å². The van der Waals surface area contributed by atoms with Crippen LogP contribution >= 0.6 is 15.9 Å². The molecule has 0 fully saturated rings. The van der Waals surface area contributed by atoms with Gasteiger partial charge in [-0.2, -0.15) is 0 Å². The van der Waals surface area contributed by atoms with Crippen LogP contribution in [0.1, 0.15) is 31.1 Å². The lowest BCUT2D eigenvalue weighted by atomic mass is 10.0. The van der Waals surface area contributed by atoms with Gasteiger partial charge in [-0.15, -0.1) is 0 Å². The average Bonchev–Trinajstić information content (AvgIpc) is 2.42. The van der Waals surface area contributed by atoms with Crippen LogP contribution < -0.4 is 5.32 Å². The van der Waals surface area contributed by atoms with Crippen LogP contribution in [0.2, 0.25) is 0 Å². The number of carbonyl (C=O) groups is 1. The number of benzene rings is 1. The summed E-state index contributed by atoms with van der Waals surface area (Å²) in [5.41, 5.74) is 0.111. The number of rotatable bonds is 7. The lowest BCUT2D eigenvalue weighted by Crippen LogP contribution is -2.42. The molecular formula is C14H19BrN2O4. The number of halogens is 1. The summed E-state index contributed by atoms with van der Waals surface area (Å²) in [5, 5.41) is 13.8. The highest BCUT2D eigenvalue weighted by Crippen LogP contribution is 2.28. The maximum atomic E-state index is 12.3. The van der Waals surface area contributed by atoms with Gasteiger partial charge in [0.15, 0.2) is 0 Å². The smallest absolute Gasteiger partial charge is 0.284 e. The first kappa shape index (κ1) is 17.6. The van der Waals surface area contributed by atoms with Crippen molar-refractivity contribution in [3.8, 4) is 0 Å². The van der Waals surface area contributed by atoms with Crippen molar-refractivity contribution >= 4 is 27.5 Å². The third kappa shape index (κ3) is 4.78. The van der Waals surface area contributed by atoms with Gasteiger partial charge in [0.25, 0.3) is 11.6 Å². The molecule has 1 aromatic carbocycles. The zero-order valence-electron chi connectivity index (χ0n) is 12.3. The number of amides is 1. The van der Waals surface area contributed by atoms with Gasteiger partial charge < -0.3 is 10.1 Å². The molecule has 1 N–H and O–H groups in total. The van der Waals surface area contributed by atoms with E-state index in [9.17, 15) is 14.9 Å². The van der Waals surface area contributed by atoms with Crippen LogP contribution in [0.25, 0.3) is 0 Å². The van der Waals surface area contributed by atoms with E-state index in [0.29, 0.717) is 13.2 Å². The summed E-state index contributed by atoms with van der Waals surface area (Å²) in [6.45, 7) is 6.82. The van der Waals surface area contributed by atoms with Crippen LogP contribution in [0.15, 0.2) is 22.7 Å². The summed E-state index contributed by atoms with van der Waals surface area (Å²) in [7, 11) is 0. The van der Waals surface area contributed by atoms with E-state index < -0.39 is 4.92 Å². The predicted octanol–water partition coefficient (Wildman–Crippen LogP) is 3.15. The zero-order valence-corrected chi connectivity index (χ0v) is 13.8. The molecule has 6 nitrogen and oxygen atoms in total. The van der Waals surface area contributed by atoms with Crippen molar-refractivity contribution < 1.29 is 14.5 Å². The second kappa shape index (κ2) is 8.09. The summed E-state index contributed by atoms with van der Waals surface area (Å²) in [6.07, 6.45) is 0. The number of nitro groups is 1. The summed E-state index contributed by atoms with van der Waals surface area (Å²) < 4.78 is 5.54. The molecule has 0 bridgehead atoms. The molecule has 0 aliphatic carbocycles. The molecule has 1 aromatic rings. The Labute approximate surface area is 132 Å². The van der Waals surface area contributed by atoms with Crippen molar-refractivity contribution in [3.05, 3.63) is 38.3 Å². The van der Waals surface area contributed by atoms with Crippen molar-refractivity contribution in [3.63, 3.8) is 0 Å². The standard InChI is InChI=1S/C14H19BrN2O4/c1-4-21-8-11(9(2)3)16-14(18)10-6-5-7-12(13(10)15)17(19)20/h5-7,9,11H,4,8H2,1-3H3,(H,16,18). The molecule has 1 atom stereocenters. The van der Waals surface area contributed by atoms with Crippen molar-refractivity contribution in [1.82, 2.24) is 5.32 Å². The number of ether oxygens (including phenoxy) is 1. The fourth-order valence-electron chi connectivity index (χ4n) is 1.73. The SMILES string of the molecule is CCOCC(NC(=O)c1cccc([N+](=O)[O-])c1Br)C(C)C. The van der Waals surface area contributed by atoms with E-state index in [1.165, 1.54) is 12.1 Å². The van der Waals surface area contributed by atoms with Gasteiger partial charge >= 0.3 is 0 Å². The number of nitro benzene ring substituents is 1. The Bertz CT molecular complexity index is 520. The van der Waals surface area contributed by atoms with Gasteiger partial charge in [-0.1, -0.05) is 19.9 Å². The molecule has 116 valence electrons. The minimum absolute atomic E-state index is 0.131. The fourth-order valence-corrected chi connectivity index (χ4v) is 2.32. The minimum Gasteiger partial charge on any atom is -0.380 e. The monoisotopic (exact) mass is 358 g/mol. The first-order valence-electron chi connectivity index (χ1n) is 6.70. The molecule has 0 saturated carbocycles. The Kier molecular flexibility index (Phi) is 6.77. The molecule has 1 amide bonds. The second-order valence-corrected chi connectivity index (χ2v) is 5.67. The molecule has 1 rings (SSSR count). The van der Waals surface area contributed by atoms with Gasteiger partial charge in [0.05, 0.1) is 23.1 Å². The number of carbonyl (C=O) groups excluding carboxylic acids is 1. The molecule has 0 saturated heterocycles. The molecule has 0 heterocycles. The molecule has 0 radical (unpaired) electrons. The Morgan fingerprint density at radius 2 is 2.14 bits per heavy atom. The molecule has 0 aliphatic heterocycles. The second-order valence-electron chi connectivity index (χ2n) is 4.88. The largest absolute Gasteiger partial charge is 0.380 e. The first-order valence-corrected chi connectivity index (χ1v) is 7.49. The number of nitrogens with one attached hydrogen (secondary N) is 1. The van der Waals surface area contributed by atoms with Gasteiger partial charge in [-0.05, 0) is 34.8 Å². The average molecular weight is 359 g/mol. The van der Waals surface area contributed by atoms with Crippen LogP contribution in [0.4, 0.5) is 5.69 Å². The van der Waals surface area contributed by atoms with E-state index in [2.05, 4.69) is 21.2 Å². The topological polar surface area (TPSA) is 81.5 Å². The van der Waals surface area contributed by atoms with Crippen molar-refractivity contribution in [2.45, 2.75) is 26.8 Å². The zero-order chi connectivity index (χ0) is 16.0. The minimum atomic E-state index is -0.527. The molecule has 1 unspecified atom stereocenters. The fraction of sp³-hybridized carbons (Fsp3) is 0.500. The maximum Gasteiger partial charge on any atom is 0.284 e. The van der Waals surface area contributed by atoms with E-state index in [0.717, 1.165) is 0 Å². The van der Waals surface area contributed by atoms with E-state index >= 15 is 0 Å². The quantitative estimate of drug-likeness (QED) is 0.599. The van der Waals surface area contributed by atoms with Crippen LogP contribution in [0.3, 0.4) is 0 Å². The van der Waals surface area contributed by atoms with Crippen molar-refractivity contribution in [1.29, 1.82) is 0 Å². The van der Waals surface area contributed by atoms with Crippen LogP contribution in [-0.2, 0) is 4.74 Å². The highest BCUT2D eigenvalue weighted by atomic mass is 79.9. The molecule has 0 aromatic heterocycles.